The number of hydrogen-bond donors (Lipinski definition) is 1. The Hall–Kier alpha value is -1.82. The number of aromatic nitrogens is 1. The Labute approximate surface area is 143 Å². The number of carbonyl (C=O) groups is 2. The number of benzene rings is 1. The number of rotatable bonds is 4. The van der Waals surface area contributed by atoms with Crippen LogP contribution in [0.3, 0.4) is 0 Å². The molecule has 6 heteroatoms. The number of halogens is 1. The highest BCUT2D eigenvalue weighted by molar-refractivity contribution is 9.10. The van der Waals surface area contributed by atoms with Gasteiger partial charge in [-0.3, -0.25) is 9.59 Å². The molecule has 1 aromatic heterocycles. The van der Waals surface area contributed by atoms with Crippen LogP contribution in [0.25, 0.3) is 10.9 Å². The van der Waals surface area contributed by atoms with Gasteiger partial charge in [-0.1, -0.05) is 15.9 Å². The van der Waals surface area contributed by atoms with E-state index in [0.717, 1.165) is 15.4 Å². The number of amides is 1. The topological polar surface area (TPSA) is 62.5 Å². The lowest BCUT2D eigenvalue weighted by atomic mass is 9.97. The zero-order valence-electron chi connectivity index (χ0n) is 12.7. The van der Waals surface area contributed by atoms with Gasteiger partial charge in [-0.05, 0) is 37.1 Å². The Morgan fingerprint density at radius 2 is 1.96 bits per heavy atom. The number of likely N-dealkylation sites (tertiary alicyclic amines) is 1. The molecule has 1 aromatic carbocycles. The molecule has 1 aliphatic heterocycles. The summed E-state index contributed by atoms with van der Waals surface area (Å²) >= 11 is 3.46. The van der Waals surface area contributed by atoms with Crippen molar-refractivity contribution in [3.8, 4) is 0 Å². The maximum absolute atomic E-state index is 12.3. The van der Waals surface area contributed by atoms with E-state index >= 15 is 0 Å². The number of fused-ring (bicyclic) bond motifs is 1. The largest absolute Gasteiger partial charge is 0.481 e. The molecule has 2 heterocycles. The normalized spacial score (nSPS) is 16.0. The molecule has 1 N–H and O–H groups in total. The quantitative estimate of drug-likeness (QED) is 0.888. The molecule has 1 saturated heterocycles. The summed E-state index contributed by atoms with van der Waals surface area (Å²) in [6.45, 7) is 1.74. The van der Waals surface area contributed by atoms with Crippen LogP contribution in [0.2, 0.25) is 0 Å². The molecule has 0 unspecified atom stereocenters. The number of aliphatic carboxylic acids is 1. The van der Waals surface area contributed by atoms with Crippen molar-refractivity contribution in [2.75, 3.05) is 13.1 Å². The minimum absolute atomic E-state index is 0.104. The highest BCUT2D eigenvalue weighted by Gasteiger charge is 2.26. The van der Waals surface area contributed by atoms with Gasteiger partial charge < -0.3 is 14.6 Å². The van der Waals surface area contributed by atoms with Crippen molar-refractivity contribution in [2.45, 2.75) is 25.8 Å². The van der Waals surface area contributed by atoms with Gasteiger partial charge in [0.15, 0.2) is 0 Å². The van der Waals surface area contributed by atoms with Crippen molar-refractivity contribution >= 4 is 38.7 Å². The fourth-order valence-electron chi connectivity index (χ4n) is 3.12. The molecule has 1 fully saturated rings. The lowest BCUT2D eigenvalue weighted by Gasteiger charge is -2.30. The molecule has 1 amide bonds. The highest BCUT2D eigenvalue weighted by Crippen LogP contribution is 2.22. The fourth-order valence-corrected chi connectivity index (χ4v) is 3.49. The summed E-state index contributed by atoms with van der Waals surface area (Å²) in [5, 5.41) is 10.1. The maximum atomic E-state index is 12.3. The van der Waals surface area contributed by atoms with E-state index in [1.165, 1.54) is 0 Å². The molecular weight excluding hydrogens is 360 g/mol. The van der Waals surface area contributed by atoms with Crippen LogP contribution in [0, 0.1) is 5.92 Å². The van der Waals surface area contributed by atoms with Gasteiger partial charge in [-0.2, -0.15) is 0 Å². The molecule has 0 bridgehead atoms. The molecule has 0 aliphatic carbocycles. The molecule has 3 rings (SSSR count). The fraction of sp³-hybridized carbons (Fsp3) is 0.412. The average molecular weight is 379 g/mol. The summed E-state index contributed by atoms with van der Waals surface area (Å²) < 4.78 is 3.13. The van der Waals surface area contributed by atoms with E-state index in [-0.39, 0.29) is 11.8 Å². The van der Waals surface area contributed by atoms with Crippen LogP contribution in [0.1, 0.15) is 19.3 Å². The lowest BCUT2D eigenvalue weighted by Crippen LogP contribution is -2.40. The van der Waals surface area contributed by atoms with E-state index in [2.05, 4.69) is 26.6 Å². The molecule has 23 heavy (non-hydrogen) atoms. The third-order valence-electron chi connectivity index (χ3n) is 4.50. The Morgan fingerprint density at radius 3 is 2.65 bits per heavy atom. The predicted molar refractivity (Wildman–Crippen MR) is 91.2 cm³/mol. The standard InChI is InChI=1S/C17H19BrN2O3/c18-14-1-2-15-13(11-14)5-7-19(15)10-6-16(21)20-8-3-12(4-9-20)17(22)23/h1-2,5,7,11-12H,3-4,6,8-10H2,(H,22,23). The molecule has 0 atom stereocenters. The number of carboxylic acids is 1. The molecule has 1 aliphatic rings. The van der Waals surface area contributed by atoms with E-state index in [0.29, 0.717) is 38.9 Å². The number of hydrogen-bond acceptors (Lipinski definition) is 2. The third kappa shape index (κ3) is 3.58. The first-order valence-electron chi connectivity index (χ1n) is 7.79. The summed E-state index contributed by atoms with van der Waals surface area (Å²) in [4.78, 5) is 25.1. The second-order valence-corrected chi connectivity index (χ2v) is 6.87. The van der Waals surface area contributed by atoms with Gasteiger partial charge in [0.25, 0.3) is 0 Å². The van der Waals surface area contributed by atoms with Crippen LogP contribution >= 0.6 is 15.9 Å². The van der Waals surface area contributed by atoms with E-state index in [9.17, 15) is 9.59 Å². The average Bonchev–Trinajstić information content (AvgIpc) is 2.94. The molecular formula is C17H19BrN2O3. The summed E-state index contributed by atoms with van der Waals surface area (Å²) in [5.41, 5.74) is 1.12. The van der Waals surface area contributed by atoms with Gasteiger partial charge in [0.2, 0.25) is 5.91 Å². The van der Waals surface area contributed by atoms with Crippen LogP contribution in [-0.2, 0) is 16.1 Å². The zero-order chi connectivity index (χ0) is 16.4. The molecule has 122 valence electrons. The van der Waals surface area contributed by atoms with Crippen molar-refractivity contribution in [1.29, 1.82) is 0 Å². The van der Waals surface area contributed by atoms with Gasteiger partial charge in [0.1, 0.15) is 0 Å². The second kappa shape index (κ2) is 6.74. The first-order chi connectivity index (χ1) is 11.0. The van der Waals surface area contributed by atoms with E-state index < -0.39 is 5.97 Å². The number of carboxylic acid groups (broad SMARTS) is 1. The SMILES string of the molecule is O=C(O)C1CCN(C(=O)CCn2ccc3cc(Br)ccc32)CC1. The first-order valence-corrected chi connectivity index (χ1v) is 8.59. The van der Waals surface area contributed by atoms with Crippen LogP contribution < -0.4 is 0 Å². The van der Waals surface area contributed by atoms with Crippen molar-refractivity contribution in [2.24, 2.45) is 5.92 Å². The van der Waals surface area contributed by atoms with Crippen molar-refractivity contribution in [3.63, 3.8) is 0 Å². The molecule has 5 nitrogen and oxygen atoms in total. The van der Waals surface area contributed by atoms with E-state index in [4.69, 9.17) is 5.11 Å². The zero-order valence-corrected chi connectivity index (χ0v) is 14.3. The van der Waals surface area contributed by atoms with Crippen LogP contribution in [0.5, 0.6) is 0 Å². The number of carbonyl (C=O) groups excluding carboxylic acids is 1. The number of nitrogens with zero attached hydrogens (tertiary/aromatic N) is 2. The Morgan fingerprint density at radius 1 is 1.22 bits per heavy atom. The Kier molecular flexibility index (Phi) is 4.71. The summed E-state index contributed by atoms with van der Waals surface area (Å²) in [6.07, 6.45) is 3.56. The van der Waals surface area contributed by atoms with E-state index in [1.54, 1.807) is 4.90 Å². The smallest absolute Gasteiger partial charge is 0.306 e. The van der Waals surface area contributed by atoms with Crippen LogP contribution in [0.15, 0.2) is 34.9 Å². The third-order valence-corrected chi connectivity index (χ3v) is 4.99. The highest BCUT2D eigenvalue weighted by atomic mass is 79.9. The van der Waals surface area contributed by atoms with Crippen molar-refractivity contribution < 1.29 is 14.7 Å². The van der Waals surface area contributed by atoms with Gasteiger partial charge in [-0.15, -0.1) is 0 Å². The number of piperidine rings is 1. The predicted octanol–water partition coefficient (Wildman–Crippen LogP) is 3.12. The summed E-state index contributed by atoms with van der Waals surface area (Å²) in [5.74, 6) is -0.944. The first kappa shape index (κ1) is 16.1. The van der Waals surface area contributed by atoms with Crippen molar-refractivity contribution in [3.05, 3.63) is 34.9 Å². The minimum Gasteiger partial charge on any atom is -0.481 e. The maximum Gasteiger partial charge on any atom is 0.306 e. The minimum atomic E-state index is -0.748. The molecule has 0 radical (unpaired) electrons. The van der Waals surface area contributed by atoms with Gasteiger partial charge in [0, 0.05) is 47.6 Å². The van der Waals surface area contributed by atoms with Crippen LogP contribution in [-0.4, -0.2) is 39.5 Å². The van der Waals surface area contributed by atoms with Gasteiger partial charge in [-0.25, -0.2) is 0 Å². The van der Waals surface area contributed by atoms with Gasteiger partial charge >= 0.3 is 5.97 Å². The Balaban J connectivity index is 1.57. The molecule has 2 aromatic rings. The van der Waals surface area contributed by atoms with Gasteiger partial charge in [0.05, 0.1) is 5.92 Å². The van der Waals surface area contributed by atoms with E-state index in [1.807, 2.05) is 24.4 Å². The summed E-state index contributed by atoms with van der Waals surface area (Å²) in [7, 11) is 0. The van der Waals surface area contributed by atoms with Crippen molar-refractivity contribution in [1.82, 2.24) is 9.47 Å². The monoisotopic (exact) mass is 378 g/mol. The molecule has 0 spiro atoms. The second-order valence-electron chi connectivity index (χ2n) is 5.96. The van der Waals surface area contributed by atoms with Crippen LogP contribution in [0.4, 0.5) is 0 Å². The number of aryl methyl sites for hydroxylation is 1. The summed E-state index contributed by atoms with van der Waals surface area (Å²) in [6, 6.07) is 8.15. The lowest BCUT2D eigenvalue weighted by molar-refractivity contribution is -0.145. The molecule has 0 saturated carbocycles. The Bertz CT molecular complexity index is 733.